The molecule has 1 aliphatic rings. The molecular weight excluding hydrogens is 369 g/mol. The second-order valence-corrected chi connectivity index (χ2v) is 8.98. The zero-order valence-corrected chi connectivity index (χ0v) is 17.9. The van der Waals surface area contributed by atoms with E-state index in [0.29, 0.717) is 0 Å². The Kier molecular flexibility index (Phi) is 4.39. The standard InChI is InChI=1S/C26H26BNO2/c1-25(2)26(3,4)30-27(29-25)20-13-10-14-21(17-20)28-18-23(19-11-6-5-7-12-19)22-15-8-9-16-24(22)28/h5-18H,1-4H3. The Labute approximate surface area is 178 Å². The summed E-state index contributed by atoms with van der Waals surface area (Å²) in [5, 5.41) is 1.24. The summed E-state index contributed by atoms with van der Waals surface area (Å²) in [4.78, 5) is 0. The molecular formula is C26H26BNO2. The van der Waals surface area contributed by atoms with E-state index in [0.717, 1.165) is 11.2 Å². The summed E-state index contributed by atoms with van der Waals surface area (Å²) in [6.07, 6.45) is 2.23. The van der Waals surface area contributed by atoms with Crippen LogP contribution in [0.3, 0.4) is 0 Å². The van der Waals surface area contributed by atoms with Crippen LogP contribution in [0.1, 0.15) is 27.7 Å². The van der Waals surface area contributed by atoms with E-state index in [1.807, 2.05) is 0 Å². The van der Waals surface area contributed by atoms with Gasteiger partial charge in [-0.2, -0.15) is 0 Å². The maximum atomic E-state index is 6.27. The lowest BCUT2D eigenvalue weighted by atomic mass is 9.79. The van der Waals surface area contributed by atoms with Crippen molar-refractivity contribution in [2.45, 2.75) is 38.9 Å². The van der Waals surface area contributed by atoms with Crippen molar-refractivity contribution in [2.24, 2.45) is 0 Å². The summed E-state index contributed by atoms with van der Waals surface area (Å²) in [6, 6.07) is 27.5. The van der Waals surface area contributed by atoms with Gasteiger partial charge in [-0.25, -0.2) is 0 Å². The summed E-state index contributed by atoms with van der Waals surface area (Å²) in [5.41, 5.74) is 5.05. The summed E-state index contributed by atoms with van der Waals surface area (Å²) in [7, 11) is -0.370. The largest absolute Gasteiger partial charge is 0.494 e. The van der Waals surface area contributed by atoms with Crippen molar-refractivity contribution in [3.05, 3.63) is 85.1 Å². The van der Waals surface area contributed by atoms with E-state index in [9.17, 15) is 0 Å². The van der Waals surface area contributed by atoms with Gasteiger partial charge in [0.25, 0.3) is 0 Å². The van der Waals surface area contributed by atoms with E-state index in [-0.39, 0.29) is 18.3 Å². The van der Waals surface area contributed by atoms with Gasteiger partial charge < -0.3 is 13.9 Å². The predicted octanol–water partition coefficient (Wildman–Crippen LogP) is 5.60. The third kappa shape index (κ3) is 3.08. The van der Waals surface area contributed by atoms with Crippen molar-refractivity contribution in [2.75, 3.05) is 0 Å². The van der Waals surface area contributed by atoms with E-state index >= 15 is 0 Å². The van der Waals surface area contributed by atoms with Crippen LogP contribution in [0.2, 0.25) is 0 Å². The van der Waals surface area contributed by atoms with Crippen LogP contribution in [0.4, 0.5) is 0 Å². The molecule has 0 N–H and O–H groups in total. The first-order valence-electron chi connectivity index (χ1n) is 10.5. The number of benzene rings is 3. The molecule has 1 saturated heterocycles. The number of aromatic nitrogens is 1. The third-order valence-corrected chi connectivity index (χ3v) is 6.47. The fourth-order valence-corrected chi connectivity index (χ4v) is 4.04. The van der Waals surface area contributed by atoms with Gasteiger partial charge in [-0.3, -0.25) is 0 Å². The molecule has 4 aromatic rings. The predicted molar refractivity (Wildman–Crippen MR) is 124 cm³/mol. The highest BCUT2D eigenvalue weighted by Gasteiger charge is 2.51. The van der Waals surface area contributed by atoms with Gasteiger partial charge in [0.15, 0.2) is 0 Å². The summed E-state index contributed by atoms with van der Waals surface area (Å²) in [6.45, 7) is 8.34. The molecule has 1 aliphatic heterocycles. The lowest BCUT2D eigenvalue weighted by Crippen LogP contribution is -2.41. The zero-order chi connectivity index (χ0) is 20.9. The minimum absolute atomic E-state index is 0.353. The van der Waals surface area contributed by atoms with Crippen molar-refractivity contribution in [3.63, 3.8) is 0 Å². The monoisotopic (exact) mass is 395 g/mol. The summed E-state index contributed by atoms with van der Waals surface area (Å²) >= 11 is 0. The second kappa shape index (κ2) is 6.87. The van der Waals surface area contributed by atoms with Gasteiger partial charge in [0.1, 0.15) is 0 Å². The Bertz CT molecular complexity index is 1190. The van der Waals surface area contributed by atoms with E-state index < -0.39 is 0 Å². The van der Waals surface area contributed by atoms with E-state index in [4.69, 9.17) is 9.31 Å². The molecule has 1 fully saturated rings. The smallest absolute Gasteiger partial charge is 0.399 e. The zero-order valence-electron chi connectivity index (χ0n) is 17.9. The van der Waals surface area contributed by atoms with Gasteiger partial charge >= 0.3 is 7.12 Å². The van der Waals surface area contributed by atoms with E-state index in [1.165, 1.54) is 22.0 Å². The first-order chi connectivity index (χ1) is 14.4. The molecule has 1 aromatic heterocycles. The fraction of sp³-hybridized carbons (Fsp3) is 0.231. The molecule has 150 valence electrons. The second-order valence-electron chi connectivity index (χ2n) is 8.98. The molecule has 4 heteroatoms. The Morgan fingerprint density at radius 2 is 1.40 bits per heavy atom. The molecule has 0 unspecified atom stereocenters. The molecule has 0 atom stereocenters. The van der Waals surface area contributed by atoms with Crippen molar-refractivity contribution < 1.29 is 9.31 Å². The molecule has 3 nitrogen and oxygen atoms in total. The van der Waals surface area contributed by atoms with Crippen LogP contribution in [0.15, 0.2) is 85.1 Å². The van der Waals surface area contributed by atoms with Crippen LogP contribution < -0.4 is 5.46 Å². The molecule has 0 aliphatic carbocycles. The maximum absolute atomic E-state index is 6.27. The quantitative estimate of drug-likeness (QED) is 0.422. The number of fused-ring (bicyclic) bond motifs is 1. The normalized spacial score (nSPS) is 17.5. The highest BCUT2D eigenvalue weighted by atomic mass is 16.7. The first kappa shape index (κ1) is 19.2. The van der Waals surface area contributed by atoms with Gasteiger partial charge in [0.05, 0.1) is 16.7 Å². The van der Waals surface area contributed by atoms with Crippen LogP contribution in [-0.4, -0.2) is 22.9 Å². The Balaban J connectivity index is 1.60. The lowest BCUT2D eigenvalue weighted by molar-refractivity contribution is 0.00578. The summed E-state index contributed by atoms with van der Waals surface area (Å²) < 4.78 is 14.8. The Morgan fingerprint density at radius 3 is 2.13 bits per heavy atom. The Morgan fingerprint density at radius 1 is 0.733 bits per heavy atom. The minimum Gasteiger partial charge on any atom is -0.399 e. The lowest BCUT2D eigenvalue weighted by Gasteiger charge is -2.32. The molecule has 0 radical (unpaired) electrons. The molecule has 3 aromatic carbocycles. The number of hydrogen-bond donors (Lipinski definition) is 0. The van der Waals surface area contributed by atoms with Crippen LogP contribution in [0.25, 0.3) is 27.7 Å². The van der Waals surface area contributed by atoms with Crippen LogP contribution in [0, 0.1) is 0 Å². The average molecular weight is 395 g/mol. The SMILES string of the molecule is CC1(C)OB(c2cccc(-n3cc(-c4ccccc4)c4ccccc43)c2)OC1(C)C. The third-order valence-electron chi connectivity index (χ3n) is 6.47. The maximum Gasteiger partial charge on any atom is 0.494 e. The highest BCUT2D eigenvalue weighted by molar-refractivity contribution is 6.62. The number of nitrogens with zero attached hydrogens (tertiary/aromatic N) is 1. The average Bonchev–Trinajstić information content (AvgIpc) is 3.23. The van der Waals surface area contributed by atoms with Gasteiger partial charge in [0.2, 0.25) is 0 Å². The van der Waals surface area contributed by atoms with Crippen molar-refractivity contribution in [3.8, 4) is 16.8 Å². The molecule has 5 rings (SSSR count). The minimum atomic E-state index is -0.370. The molecule has 2 heterocycles. The number of hydrogen-bond acceptors (Lipinski definition) is 2. The molecule has 0 bridgehead atoms. The Hall–Kier alpha value is -2.82. The van der Waals surface area contributed by atoms with Crippen LogP contribution >= 0.6 is 0 Å². The number of para-hydroxylation sites is 1. The number of rotatable bonds is 3. The first-order valence-corrected chi connectivity index (χ1v) is 10.5. The van der Waals surface area contributed by atoms with E-state index in [2.05, 4.69) is 117 Å². The molecule has 0 saturated carbocycles. The fourth-order valence-electron chi connectivity index (χ4n) is 4.04. The molecule has 0 amide bonds. The topological polar surface area (TPSA) is 23.4 Å². The van der Waals surface area contributed by atoms with Crippen molar-refractivity contribution in [1.29, 1.82) is 0 Å². The molecule has 30 heavy (non-hydrogen) atoms. The van der Waals surface area contributed by atoms with Gasteiger partial charge in [-0.15, -0.1) is 0 Å². The van der Waals surface area contributed by atoms with Gasteiger partial charge in [-0.05, 0) is 56.9 Å². The van der Waals surface area contributed by atoms with Crippen molar-refractivity contribution in [1.82, 2.24) is 4.57 Å². The molecule has 0 spiro atoms. The van der Waals surface area contributed by atoms with Crippen LogP contribution in [-0.2, 0) is 9.31 Å². The van der Waals surface area contributed by atoms with E-state index in [1.54, 1.807) is 0 Å². The van der Waals surface area contributed by atoms with Gasteiger partial charge in [-0.1, -0.05) is 60.7 Å². The van der Waals surface area contributed by atoms with Crippen molar-refractivity contribution >= 4 is 23.5 Å². The summed E-state index contributed by atoms with van der Waals surface area (Å²) in [5.74, 6) is 0. The van der Waals surface area contributed by atoms with Gasteiger partial charge in [0, 0.05) is 22.8 Å². The highest BCUT2D eigenvalue weighted by Crippen LogP contribution is 2.37. The van der Waals surface area contributed by atoms with Crippen LogP contribution in [0.5, 0.6) is 0 Å².